The van der Waals surface area contributed by atoms with Gasteiger partial charge in [-0.15, -0.1) is 0 Å². The first-order valence-electron chi connectivity index (χ1n) is 7.00. The number of hydrogen-bond acceptors (Lipinski definition) is 1. The number of nitrogens with one attached hydrogen (secondary N) is 2. The Hall–Kier alpha value is -1.77. The van der Waals surface area contributed by atoms with Crippen LogP contribution in [0.5, 0.6) is 0 Å². The van der Waals surface area contributed by atoms with Crippen molar-refractivity contribution in [3.05, 3.63) is 47.7 Å². The van der Waals surface area contributed by atoms with Gasteiger partial charge in [-0.3, -0.25) is 0 Å². The lowest BCUT2D eigenvalue weighted by atomic mass is 10.1. The minimum atomic E-state index is -0.144. The van der Waals surface area contributed by atoms with Crippen molar-refractivity contribution in [3.8, 4) is 0 Å². The second-order valence-corrected chi connectivity index (χ2v) is 5.22. The second kappa shape index (κ2) is 6.98. The monoisotopic (exact) mass is 258 g/mol. The van der Waals surface area contributed by atoms with Crippen LogP contribution >= 0.6 is 0 Å². The van der Waals surface area contributed by atoms with Crippen molar-refractivity contribution in [2.75, 3.05) is 0 Å². The molecule has 2 amide bonds. The Labute approximate surface area is 115 Å². The highest BCUT2D eigenvalue weighted by atomic mass is 16.2. The lowest BCUT2D eigenvalue weighted by Gasteiger charge is -2.06. The van der Waals surface area contributed by atoms with Crippen LogP contribution in [0.15, 0.2) is 36.5 Å². The van der Waals surface area contributed by atoms with Crippen LogP contribution in [-0.4, -0.2) is 6.03 Å². The molecule has 3 heteroatoms. The number of urea groups is 1. The molecule has 0 saturated heterocycles. The number of carbonyl (C=O) groups excluding carboxylic acids is 1. The lowest BCUT2D eigenvalue weighted by molar-refractivity contribution is 0.243. The summed E-state index contributed by atoms with van der Waals surface area (Å²) in [5.74, 6) is 0.650. The molecule has 0 aromatic heterocycles. The molecular weight excluding hydrogens is 236 g/mol. The highest BCUT2D eigenvalue weighted by Gasteiger charge is 2.11. The van der Waals surface area contributed by atoms with Gasteiger partial charge in [-0.1, -0.05) is 48.7 Å². The summed E-state index contributed by atoms with van der Waals surface area (Å²) >= 11 is 0. The average Bonchev–Trinajstić information content (AvgIpc) is 2.91. The fourth-order valence-corrected chi connectivity index (χ4v) is 2.35. The van der Waals surface area contributed by atoms with Crippen LogP contribution in [0, 0.1) is 12.8 Å². The Kier molecular flexibility index (Phi) is 5.01. The topological polar surface area (TPSA) is 41.1 Å². The quantitative estimate of drug-likeness (QED) is 0.852. The zero-order valence-corrected chi connectivity index (χ0v) is 11.5. The van der Waals surface area contributed by atoms with E-state index in [-0.39, 0.29) is 6.03 Å². The standard InChI is InChI=1S/C16H22N2O/c1-13-6-8-15(9-7-13)12-18-16(19)17-11-10-14-4-2-3-5-14/h6-11,14H,2-5,12H2,1H3,(H2,17,18,19)/b11-10+. The highest BCUT2D eigenvalue weighted by molar-refractivity contribution is 5.74. The molecule has 0 unspecified atom stereocenters. The third-order valence-electron chi connectivity index (χ3n) is 3.56. The molecule has 1 fully saturated rings. The van der Waals surface area contributed by atoms with Crippen molar-refractivity contribution in [1.82, 2.24) is 10.6 Å². The molecule has 2 rings (SSSR count). The summed E-state index contributed by atoms with van der Waals surface area (Å²) in [6.45, 7) is 2.61. The largest absolute Gasteiger partial charge is 0.334 e. The number of amides is 2. The van der Waals surface area contributed by atoms with Crippen molar-refractivity contribution >= 4 is 6.03 Å². The van der Waals surface area contributed by atoms with E-state index in [1.807, 2.05) is 12.1 Å². The van der Waals surface area contributed by atoms with Crippen molar-refractivity contribution in [1.29, 1.82) is 0 Å². The van der Waals surface area contributed by atoms with Gasteiger partial charge in [-0.05, 0) is 31.2 Å². The van der Waals surface area contributed by atoms with E-state index in [1.165, 1.54) is 31.2 Å². The van der Waals surface area contributed by atoms with Crippen LogP contribution in [0.3, 0.4) is 0 Å². The van der Waals surface area contributed by atoms with E-state index in [2.05, 4.69) is 35.8 Å². The van der Waals surface area contributed by atoms with Crippen molar-refractivity contribution in [2.45, 2.75) is 39.2 Å². The third-order valence-corrected chi connectivity index (χ3v) is 3.56. The van der Waals surface area contributed by atoms with Gasteiger partial charge in [-0.2, -0.15) is 0 Å². The first-order valence-corrected chi connectivity index (χ1v) is 7.00. The normalized spacial score (nSPS) is 15.8. The zero-order chi connectivity index (χ0) is 13.5. The van der Waals surface area contributed by atoms with E-state index in [1.54, 1.807) is 6.20 Å². The Balaban J connectivity index is 1.68. The maximum atomic E-state index is 11.6. The molecule has 0 atom stereocenters. The molecular formula is C16H22N2O. The number of aryl methyl sites for hydroxylation is 1. The van der Waals surface area contributed by atoms with E-state index < -0.39 is 0 Å². The number of rotatable bonds is 4. The van der Waals surface area contributed by atoms with Gasteiger partial charge >= 0.3 is 6.03 Å². The first kappa shape index (κ1) is 13.7. The molecule has 1 saturated carbocycles. The second-order valence-electron chi connectivity index (χ2n) is 5.22. The van der Waals surface area contributed by atoms with E-state index in [0.29, 0.717) is 12.5 Å². The van der Waals surface area contributed by atoms with Gasteiger partial charge in [-0.25, -0.2) is 4.79 Å². The fourth-order valence-electron chi connectivity index (χ4n) is 2.35. The van der Waals surface area contributed by atoms with Gasteiger partial charge in [0.05, 0.1) is 0 Å². The van der Waals surface area contributed by atoms with E-state index >= 15 is 0 Å². The van der Waals surface area contributed by atoms with E-state index in [0.717, 1.165) is 5.56 Å². The summed E-state index contributed by atoms with van der Waals surface area (Å²) in [6.07, 6.45) is 9.02. The maximum absolute atomic E-state index is 11.6. The van der Waals surface area contributed by atoms with Gasteiger partial charge in [0.2, 0.25) is 0 Å². The Bertz CT molecular complexity index is 431. The molecule has 1 aliphatic rings. The van der Waals surface area contributed by atoms with Crippen LogP contribution in [-0.2, 0) is 6.54 Å². The minimum absolute atomic E-state index is 0.144. The minimum Gasteiger partial charge on any atom is -0.334 e. The summed E-state index contributed by atoms with van der Waals surface area (Å²) < 4.78 is 0. The Morgan fingerprint density at radius 2 is 1.95 bits per heavy atom. The number of carbonyl (C=O) groups is 1. The summed E-state index contributed by atoms with van der Waals surface area (Å²) in [5.41, 5.74) is 2.34. The van der Waals surface area contributed by atoms with Crippen LogP contribution < -0.4 is 10.6 Å². The van der Waals surface area contributed by atoms with Gasteiger partial charge in [0.1, 0.15) is 0 Å². The van der Waals surface area contributed by atoms with Crippen LogP contribution in [0.4, 0.5) is 4.79 Å². The Morgan fingerprint density at radius 3 is 2.63 bits per heavy atom. The fraction of sp³-hybridized carbons (Fsp3) is 0.438. The summed E-state index contributed by atoms with van der Waals surface area (Å²) in [7, 11) is 0. The molecule has 1 aliphatic carbocycles. The molecule has 0 bridgehead atoms. The van der Waals surface area contributed by atoms with Crippen molar-refractivity contribution in [2.24, 2.45) is 5.92 Å². The molecule has 0 aliphatic heterocycles. The smallest absolute Gasteiger partial charge is 0.319 e. The Morgan fingerprint density at radius 1 is 1.26 bits per heavy atom. The SMILES string of the molecule is Cc1ccc(CNC(=O)N/C=C/C2CCCC2)cc1. The van der Waals surface area contributed by atoms with Crippen molar-refractivity contribution in [3.63, 3.8) is 0 Å². The number of allylic oxidation sites excluding steroid dienone is 1. The highest BCUT2D eigenvalue weighted by Crippen LogP contribution is 2.25. The molecule has 3 nitrogen and oxygen atoms in total. The molecule has 0 radical (unpaired) electrons. The third kappa shape index (κ3) is 4.78. The van der Waals surface area contributed by atoms with Gasteiger partial charge in [0, 0.05) is 12.7 Å². The molecule has 1 aromatic rings. The average molecular weight is 258 g/mol. The zero-order valence-electron chi connectivity index (χ0n) is 11.5. The van der Waals surface area contributed by atoms with Crippen LogP contribution in [0.25, 0.3) is 0 Å². The molecule has 0 spiro atoms. The summed E-state index contributed by atoms with van der Waals surface area (Å²) in [6, 6.07) is 8.02. The van der Waals surface area contributed by atoms with E-state index in [9.17, 15) is 4.79 Å². The first-order chi connectivity index (χ1) is 9.24. The molecule has 2 N–H and O–H groups in total. The predicted molar refractivity (Wildman–Crippen MR) is 77.6 cm³/mol. The van der Waals surface area contributed by atoms with Crippen molar-refractivity contribution < 1.29 is 4.79 Å². The molecule has 0 heterocycles. The molecule has 19 heavy (non-hydrogen) atoms. The van der Waals surface area contributed by atoms with Gasteiger partial charge in [0.15, 0.2) is 0 Å². The number of hydrogen-bond donors (Lipinski definition) is 2. The molecule has 102 valence electrons. The summed E-state index contributed by atoms with van der Waals surface area (Å²) in [4.78, 5) is 11.6. The maximum Gasteiger partial charge on any atom is 0.319 e. The van der Waals surface area contributed by atoms with Gasteiger partial charge < -0.3 is 10.6 Å². The van der Waals surface area contributed by atoms with Crippen LogP contribution in [0.1, 0.15) is 36.8 Å². The summed E-state index contributed by atoms with van der Waals surface area (Å²) in [5, 5.41) is 5.60. The van der Waals surface area contributed by atoms with E-state index in [4.69, 9.17) is 0 Å². The van der Waals surface area contributed by atoms with Crippen LogP contribution in [0.2, 0.25) is 0 Å². The predicted octanol–water partition coefficient (Wildman–Crippen LogP) is 3.50. The molecule has 1 aromatic carbocycles. The lowest BCUT2D eigenvalue weighted by Crippen LogP contribution is -2.31. The van der Waals surface area contributed by atoms with Gasteiger partial charge in [0.25, 0.3) is 0 Å². The number of benzene rings is 1.